The molecule has 1 rings (SSSR count). The van der Waals surface area contributed by atoms with Gasteiger partial charge in [-0.15, -0.1) is 0 Å². The molecule has 3 N–H and O–H groups in total. The van der Waals surface area contributed by atoms with Gasteiger partial charge in [0.1, 0.15) is 0 Å². The molecule has 72 valence electrons. The smallest absolute Gasteiger partial charge is 0.0684 e. The van der Waals surface area contributed by atoms with Gasteiger partial charge in [0.15, 0.2) is 0 Å². The number of hydrogen-bond acceptors (Lipinski definition) is 2. The van der Waals surface area contributed by atoms with Crippen molar-refractivity contribution in [3.63, 3.8) is 0 Å². The zero-order valence-corrected chi connectivity index (χ0v) is 7.87. The Morgan fingerprint density at radius 3 is 2.38 bits per heavy atom. The second-order valence-corrected chi connectivity index (χ2v) is 3.17. The number of unbranched alkanes of at least 4 members (excludes halogenated alkanes) is 1. The Hall–Kier alpha value is -0.860. The second-order valence-electron chi connectivity index (χ2n) is 3.17. The van der Waals surface area contributed by atoms with Crippen LogP contribution in [0.25, 0.3) is 0 Å². The molecular weight excluding hydrogens is 162 g/mol. The summed E-state index contributed by atoms with van der Waals surface area (Å²) in [6.45, 7) is 0.889. The largest absolute Gasteiger partial charge is 0.392 e. The van der Waals surface area contributed by atoms with E-state index in [1.807, 2.05) is 18.2 Å². The molecule has 0 aliphatic heterocycles. The molecule has 0 aliphatic carbocycles. The van der Waals surface area contributed by atoms with E-state index in [4.69, 9.17) is 10.8 Å². The van der Waals surface area contributed by atoms with E-state index in [2.05, 4.69) is 6.07 Å². The van der Waals surface area contributed by atoms with Gasteiger partial charge in [0, 0.05) is 0 Å². The van der Waals surface area contributed by atoms with Gasteiger partial charge in [-0.25, -0.2) is 0 Å². The molecule has 0 saturated carbocycles. The summed E-state index contributed by atoms with van der Waals surface area (Å²) in [5.74, 6) is 0. The zero-order valence-electron chi connectivity index (χ0n) is 7.87. The van der Waals surface area contributed by atoms with Crippen LogP contribution in [0.2, 0.25) is 0 Å². The van der Waals surface area contributed by atoms with E-state index in [1.165, 1.54) is 5.56 Å². The molecule has 0 unspecified atom stereocenters. The van der Waals surface area contributed by atoms with Crippen LogP contribution in [-0.2, 0) is 13.0 Å². The van der Waals surface area contributed by atoms with Crippen molar-refractivity contribution in [3.05, 3.63) is 35.4 Å². The third kappa shape index (κ3) is 3.17. The summed E-state index contributed by atoms with van der Waals surface area (Å²) in [7, 11) is 0. The van der Waals surface area contributed by atoms with Crippen molar-refractivity contribution < 1.29 is 5.11 Å². The Morgan fingerprint density at radius 2 is 1.77 bits per heavy atom. The van der Waals surface area contributed by atoms with Gasteiger partial charge in [0.2, 0.25) is 0 Å². The van der Waals surface area contributed by atoms with E-state index in [1.54, 1.807) is 0 Å². The van der Waals surface area contributed by atoms with Crippen molar-refractivity contribution >= 4 is 0 Å². The number of benzene rings is 1. The minimum absolute atomic E-state index is 0.138. The van der Waals surface area contributed by atoms with E-state index in [9.17, 15) is 0 Å². The van der Waals surface area contributed by atoms with Crippen molar-refractivity contribution in [1.82, 2.24) is 0 Å². The van der Waals surface area contributed by atoms with E-state index in [0.717, 1.165) is 31.4 Å². The van der Waals surface area contributed by atoms with Gasteiger partial charge in [-0.05, 0) is 36.9 Å². The summed E-state index contributed by atoms with van der Waals surface area (Å²) < 4.78 is 0. The Morgan fingerprint density at radius 1 is 1.08 bits per heavy atom. The fourth-order valence-corrected chi connectivity index (χ4v) is 1.42. The molecule has 0 saturated heterocycles. The maximum atomic E-state index is 9.05. The van der Waals surface area contributed by atoms with E-state index >= 15 is 0 Å². The lowest BCUT2D eigenvalue weighted by Gasteiger charge is -2.05. The van der Waals surface area contributed by atoms with Crippen LogP contribution in [0.4, 0.5) is 0 Å². The molecule has 0 amide bonds. The second kappa shape index (κ2) is 5.73. The topological polar surface area (TPSA) is 46.2 Å². The lowest BCUT2D eigenvalue weighted by atomic mass is 10.0. The molecule has 0 radical (unpaired) electrons. The highest BCUT2D eigenvalue weighted by Crippen LogP contribution is 2.11. The highest BCUT2D eigenvalue weighted by atomic mass is 16.3. The van der Waals surface area contributed by atoms with Crippen molar-refractivity contribution in [2.75, 3.05) is 6.54 Å². The van der Waals surface area contributed by atoms with Crippen LogP contribution in [0.3, 0.4) is 0 Å². The Labute approximate surface area is 79.4 Å². The van der Waals surface area contributed by atoms with Gasteiger partial charge < -0.3 is 10.8 Å². The number of aryl methyl sites for hydroxylation is 1. The highest BCUT2D eigenvalue weighted by Gasteiger charge is 1.98. The molecule has 0 heterocycles. The molecule has 1 aromatic carbocycles. The number of hydrogen-bond donors (Lipinski definition) is 2. The first-order valence-electron chi connectivity index (χ1n) is 4.76. The summed E-state index contributed by atoms with van der Waals surface area (Å²) in [5.41, 5.74) is 7.70. The summed E-state index contributed by atoms with van der Waals surface area (Å²) in [4.78, 5) is 0. The third-order valence-corrected chi connectivity index (χ3v) is 2.19. The molecule has 0 aliphatic rings. The first-order valence-corrected chi connectivity index (χ1v) is 4.76. The van der Waals surface area contributed by atoms with Gasteiger partial charge in [0.25, 0.3) is 0 Å². The number of nitrogens with two attached hydrogens (primary N) is 1. The predicted molar refractivity (Wildman–Crippen MR) is 54.4 cm³/mol. The molecule has 0 spiro atoms. The number of aliphatic hydroxyl groups excluding tert-OH is 1. The van der Waals surface area contributed by atoms with E-state index < -0.39 is 0 Å². The fraction of sp³-hybridized carbons (Fsp3) is 0.455. The lowest BCUT2D eigenvalue weighted by Crippen LogP contribution is -2.00. The van der Waals surface area contributed by atoms with Gasteiger partial charge in [-0.2, -0.15) is 0 Å². The molecule has 13 heavy (non-hydrogen) atoms. The molecule has 0 atom stereocenters. The fourth-order valence-electron chi connectivity index (χ4n) is 1.42. The van der Waals surface area contributed by atoms with Crippen molar-refractivity contribution in [3.8, 4) is 0 Å². The molecule has 0 bridgehead atoms. The minimum atomic E-state index is 0.138. The normalized spacial score (nSPS) is 10.3. The lowest BCUT2D eigenvalue weighted by molar-refractivity contribution is 0.280. The van der Waals surface area contributed by atoms with Gasteiger partial charge >= 0.3 is 0 Å². The number of rotatable bonds is 5. The van der Waals surface area contributed by atoms with Crippen LogP contribution in [0, 0.1) is 0 Å². The van der Waals surface area contributed by atoms with E-state index in [-0.39, 0.29) is 6.61 Å². The van der Waals surface area contributed by atoms with Crippen LogP contribution < -0.4 is 5.73 Å². The van der Waals surface area contributed by atoms with Crippen LogP contribution in [-0.4, -0.2) is 11.7 Å². The monoisotopic (exact) mass is 179 g/mol. The molecule has 0 aromatic heterocycles. The van der Waals surface area contributed by atoms with Crippen molar-refractivity contribution in [1.29, 1.82) is 0 Å². The Balaban J connectivity index is 2.54. The molecule has 2 heteroatoms. The Bertz CT molecular complexity index is 248. The van der Waals surface area contributed by atoms with Crippen LogP contribution in [0.5, 0.6) is 0 Å². The van der Waals surface area contributed by atoms with E-state index in [0.29, 0.717) is 0 Å². The maximum absolute atomic E-state index is 9.05. The predicted octanol–water partition coefficient (Wildman–Crippen LogP) is 1.46. The van der Waals surface area contributed by atoms with Gasteiger partial charge in [0.05, 0.1) is 6.61 Å². The van der Waals surface area contributed by atoms with Crippen molar-refractivity contribution in [2.24, 2.45) is 5.73 Å². The number of aliphatic hydroxyl groups is 1. The average Bonchev–Trinajstić information content (AvgIpc) is 2.19. The zero-order chi connectivity index (χ0) is 9.52. The van der Waals surface area contributed by atoms with Crippen LogP contribution >= 0.6 is 0 Å². The standard InChI is InChI=1S/C11H17NO/c12-8-4-3-6-10-5-1-2-7-11(10)9-13/h1-2,5,7,13H,3-4,6,8-9,12H2. The third-order valence-electron chi connectivity index (χ3n) is 2.19. The summed E-state index contributed by atoms with van der Waals surface area (Å²) in [5, 5.41) is 9.05. The maximum Gasteiger partial charge on any atom is 0.0684 e. The first kappa shape index (κ1) is 10.2. The molecule has 0 fully saturated rings. The SMILES string of the molecule is NCCCCc1ccccc1CO. The molecular formula is C11H17NO. The van der Waals surface area contributed by atoms with Gasteiger partial charge in [-0.3, -0.25) is 0 Å². The summed E-state index contributed by atoms with van der Waals surface area (Å²) in [6, 6.07) is 8.01. The highest BCUT2D eigenvalue weighted by molar-refractivity contribution is 5.26. The first-order chi connectivity index (χ1) is 6.38. The average molecular weight is 179 g/mol. The molecule has 1 aromatic rings. The quantitative estimate of drug-likeness (QED) is 0.672. The van der Waals surface area contributed by atoms with Gasteiger partial charge in [-0.1, -0.05) is 24.3 Å². The molecule has 2 nitrogen and oxygen atoms in total. The van der Waals surface area contributed by atoms with Crippen LogP contribution in [0.1, 0.15) is 24.0 Å². The Kier molecular flexibility index (Phi) is 4.50. The summed E-state index contributed by atoms with van der Waals surface area (Å²) in [6.07, 6.45) is 3.18. The van der Waals surface area contributed by atoms with Crippen LogP contribution in [0.15, 0.2) is 24.3 Å². The summed E-state index contributed by atoms with van der Waals surface area (Å²) >= 11 is 0. The minimum Gasteiger partial charge on any atom is -0.392 e. The van der Waals surface area contributed by atoms with Crippen molar-refractivity contribution in [2.45, 2.75) is 25.9 Å².